The van der Waals surface area contributed by atoms with Crippen molar-refractivity contribution in [2.24, 2.45) is 0 Å². The van der Waals surface area contributed by atoms with Crippen molar-refractivity contribution in [3.05, 3.63) is 150 Å². The van der Waals surface area contributed by atoms with E-state index in [9.17, 15) is 14.7 Å². The average Bonchev–Trinajstić information content (AvgIpc) is 3.26. The number of aliphatic hydroxyl groups is 1. The van der Waals surface area contributed by atoms with Crippen LogP contribution in [0.15, 0.2) is 133 Å². The number of benzene rings is 5. The Hall–Kier alpha value is -5.16. The Morgan fingerprint density at radius 2 is 1.41 bits per heavy atom. The molecule has 1 unspecified atom stereocenters. The summed E-state index contributed by atoms with van der Waals surface area (Å²) in [6.45, 7) is 0.374. The molecule has 1 amide bonds. The van der Waals surface area contributed by atoms with Gasteiger partial charge in [0.1, 0.15) is 18.1 Å². The molecule has 1 aliphatic rings. The van der Waals surface area contributed by atoms with Crippen molar-refractivity contribution in [1.82, 2.24) is 0 Å². The molecule has 0 spiro atoms. The normalized spacial score (nSPS) is 16.5. The topological polar surface area (TPSA) is 66.8 Å². The van der Waals surface area contributed by atoms with Gasteiger partial charge >= 0.3 is 0 Å². The lowest BCUT2D eigenvalue weighted by atomic mass is 9.93. The molecule has 0 radical (unpaired) electrons. The number of amides is 1. The number of ether oxygens (including phenoxy) is 1. The van der Waals surface area contributed by atoms with E-state index in [4.69, 9.17) is 4.74 Å². The SMILES string of the molecule is O=C1C(=O)N(c2ccccc2)C(c2cccc(OCc3ccccc3)c2)/C1=C(/O)c1cccc2ccccc12. The van der Waals surface area contributed by atoms with Gasteiger partial charge in [-0.2, -0.15) is 0 Å². The third kappa shape index (κ3) is 4.55. The number of aliphatic hydroxyl groups excluding tert-OH is 1. The first-order chi connectivity index (χ1) is 19.1. The second kappa shape index (κ2) is 10.3. The minimum atomic E-state index is -0.841. The van der Waals surface area contributed by atoms with Gasteiger partial charge in [0.05, 0.1) is 11.6 Å². The van der Waals surface area contributed by atoms with Crippen LogP contribution in [0.4, 0.5) is 5.69 Å². The molecular weight excluding hydrogens is 486 g/mol. The van der Waals surface area contributed by atoms with Gasteiger partial charge in [0.2, 0.25) is 0 Å². The third-order valence-electron chi connectivity index (χ3n) is 6.95. The zero-order valence-electron chi connectivity index (χ0n) is 21.0. The Labute approximate surface area is 226 Å². The van der Waals surface area contributed by atoms with Crippen LogP contribution in [-0.4, -0.2) is 16.8 Å². The van der Waals surface area contributed by atoms with Crippen molar-refractivity contribution < 1.29 is 19.4 Å². The van der Waals surface area contributed by atoms with Crippen molar-refractivity contribution in [3.8, 4) is 5.75 Å². The van der Waals surface area contributed by atoms with Gasteiger partial charge in [-0.25, -0.2) is 0 Å². The number of para-hydroxylation sites is 1. The van der Waals surface area contributed by atoms with E-state index in [1.54, 1.807) is 18.2 Å². The average molecular weight is 512 g/mol. The van der Waals surface area contributed by atoms with Crippen molar-refractivity contribution in [2.45, 2.75) is 12.6 Å². The number of Topliss-reactive ketones (excluding diaryl/α,β-unsaturated/α-hetero) is 1. The molecule has 1 heterocycles. The van der Waals surface area contributed by atoms with Crippen LogP contribution < -0.4 is 9.64 Å². The highest BCUT2D eigenvalue weighted by atomic mass is 16.5. The number of nitrogens with zero attached hydrogens (tertiary/aromatic N) is 1. The Kier molecular flexibility index (Phi) is 6.39. The molecule has 1 N–H and O–H groups in total. The van der Waals surface area contributed by atoms with Crippen LogP contribution in [0.3, 0.4) is 0 Å². The fraction of sp³-hybridized carbons (Fsp3) is 0.0588. The number of carbonyl (C=O) groups excluding carboxylic acids is 2. The second-order valence-corrected chi connectivity index (χ2v) is 9.38. The van der Waals surface area contributed by atoms with Crippen LogP contribution >= 0.6 is 0 Å². The van der Waals surface area contributed by atoms with E-state index in [1.807, 2.05) is 109 Å². The maximum atomic E-state index is 13.6. The number of carbonyl (C=O) groups is 2. The number of rotatable bonds is 6. The quantitative estimate of drug-likeness (QED) is 0.151. The summed E-state index contributed by atoms with van der Waals surface area (Å²) in [5.74, 6) is -1.03. The van der Waals surface area contributed by atoms with Crippen LogP contribution in [0.1, 0.15) is 22.7 Å². The van der Waals surface area contributed by atoms with Crippen LogP contribution in [0.25, 0.3) is 16.5 Å². The summed E-state index contributed by atoms with van der Waals surface area (Å²) < 4.78 is 6.06. The van der Waals surface area contributed by atoms with E-state index in [0.29, 0.717) is 29.2 Å². The number of ketones is 1. The van der Waals surface area contributed by atoms with Gasteiger partial charge in [-0.05, 0) is 46.2 Å². The molecule has 1 atom stereocenters. The van der Waals surface area contributed by atoms with Crippen LogP contribution in [0, 0.1) is 0 Å². The standard InChI is InChI=1S/C34H25NO4/c36-32(29-20-10-14-24-13-7-8-19-28(24)29)30-31(35(34(38)33(30)37)26-16-5-2-6-17-26)25-15-9-18-27(21-25)39-22-23-11-3-1-4-12-23/h1-21,31,36H,22H2/b32-30-. The first kappa shape index (κ1) is 24.2. The van der Waals surface area contributed by atoms with Gasteiger partial charge < -0.3 is 9.84 Å². The molecule has 5 aromatic carbocycles. The molecule has 1 saturated heterocycles. The lowest BCUT2D eigenvalue weighted by Crippen LogP contribution is -2.29. The van der Waals surface area contributed by atoms with E-state index in [0.717, 1.165) is 16.3 Å². The van der Waals surface area contributed by atoms with E-state index in [-0.39, 0.29) is 11.3 Å². The van der Waals surface area contributed by atoms with Gasteiger partial charge in [-0.1, -0.05) is 103 Å². The second-order valence-electron chi connectivity index (χ2n) is 9.38. The highest BCUT2D eigenvalue weighted by molar-refractivity contribution is 6.51. The molecular formula is C34H25NO4. The number of fused-ring (bicyclic) bond motifs is 1. The number of hydrogen-bond acceptors (Lipinski definition) is 4. The van der Waals surface area contributed by atoms with E-state index in [1.165, 1.54) is 4.90 Å². The summed E-state index contributed by atoms with van der Waals surface area (Å²) in [5.41, 5.74) is 2.79. The van der Waals surface area contributed by atoms with E-state index >= 15 is 0 Å². The smallest absolute Gasteiger partial charge is 0.300 e. The third-order valence-corrected chi connectivity index (χ3v) is 6.95. The van der Waals surface area contributed by atoms with Gasteiger partial charge in [-0.3, -0.25) is 14.5 Å². The Balaban J connectivity index is 1.49. The molecule has 190 valence electrons. The number of anilines is 1. The Bertz CT molecular complexity index is 1700. The summed E-state index contributed by atoms with van der Waals surface area (Å²) in [7, 11) is 0. The lowest BCUT2D eigenvalue weighted by Gasteiger charge is -2.26. The summed E-state index contributed by atoms with van der Waals surface area (Å²) >= 11 is 0. The fourth-order valence-electron chi connectivity index (χ4n) is 5.10. The van der Waals surface area contributed by atoms with Crippen LogP contribution in [0.2, 0.25) is 0 Å². The molecule has 6 rings (SSSR count). The highest BCUT2D eigenvalue weighted by Crippen LogP contribution is 2.43. The van der Waals surface area contributed by atoms with Gasteiger partial charge in [0.25, 0.3) is 11.7 Å². The molecule has 5 heteroatoms. The molecule has 5 nitrogen and oxygen atoms in total. The summed E-state index contributed by atoms with van der Waals surface area (Å²) in [6.07, 6.45) is 0. The molecule has 1 fully saturated rings. The lowest BCUT2D eigenvalue weighted by molar-refractivity contribution is -0.132. The molecule has 1 aliphatic heterocycles. The molecule has 5 aromatic rings. The number of hydrogen-bond donors (Lipinski definition) is 1. The minimum Gasteiger partial charge on any atom is -0.507 e. The van der Waals surface area contributed by atoms with Gasteiger partial charge in [0, 0.05) is 11.3 Å². The maximum absolute atomic E-state index is 13.6. The minimum absolute atomic E-state index is 0.0421. The van der Waals surface area contributed by atoms with E-state index in [2.05, 4.69) is 0 Å². The van der Waals surface area contributed by atoms with Crippen molar-refractivity contribution in [2.75, 3.05) is 4.90 Å². The van der Waals surface area contributed by atoms with Gasteiger partial charge in [0.15, 0.2) is 0 Å². The molecule has 0 bridgehead atoms. The van der Waals surface area contributed by atoms with Crippen molar-refractivity contribution in [3.63, 3.8) is 0 Å². The van der Waals surface area contributed by atoms with Crippen molar-refractivity contribution in [1.29, 1.82) is 0 Å². The molecule has 39 heavy (non-hydrogen) atoms. The largest absolute Gasteiger partial charge is 0.507 e. The van der Waals surface area contributed by atoms with Crippen LogP contribution in [-0.2, 0) is 16.2 Å². The fourth-order valence-corrected chi connectivity index (χ4v) is 5.10. The highest BCUT2D eigenvalue weighted by Gasteiger charge is 2.47. The summed E-state index contributed by atoms with van der Waals surface area (Å²) in [4.78, 5) is 28.5. The summed E-state index contributed by atoms with van der Waals surface area (Å²) in [5, 5.41) is 13.4. The first-order valence-corrected chi connectivity index (χ1v) is 12.7. The molecule has 0 saturated carbocycles. The predicted octanol–water partition coefficient (Wildman–Crippen LogP) is 7.05. The molecule has 0 aliphatic carbocycles. The predicted molar refractivity (Wildman–Crippen MR) is 152 cm³/mol. The van der Waals surface area contributed by atoms with Gasteiger partial charge in [-0.15, -0.1) is 0 Å². The summed E-state index contributed by atoms with van der Waals surface area (Å²) in [6, 6.07) is 38.6. The maximum Gasteiger partial charge on any atom is 0.300 e. The zero-order chi connectivity index (χ0) is 26.8. The van der Waals surface area contributed by atoms with E-state index < -0.39 is 17.7 Å². The Morgan fingerprint density at radius 1 is 0.744 bits per heavy atom. The zero-order valence-corrected chi connectivity index (χ0v) is 21.0. The Morgan fingerprint density at radius 3 is 2.21 bits per heavy atom. The first-order valence-electron chi connectivity index (χ1n) is 12.7. The van der Waals surface area contributed by atoms with Crippen molar-refractivity contribution >= 4 is 33.9 Å². The monoisotopic (exact) mass is 511 g/mol. The molecule has 0 aromatic heterocycles. The van der Waals surface area contributed by atoms with Crippen LogP contribution in [0.5, 0.6) is 5.75 Å².